The Morgan fingerprint density at radius 1 is 1.54 bits per heavy atom. The first kappa shape index (κ1) is 8.22. The first-order chi connectivity index (χ1) is 6.31. The number of aliphatic hydroxyl groups excluding tert-OH is 1. The minimum Gasteiger partial charge on any atom is -0.394 e. The minimum atomic E-state index is -0.313. The highest BCUT2D eigenvalue weighted by molar-refractivity contribution is 5.45. The Balaban J connectivity index is 2.48. The summed E-state index contributed by atoms with van der Waals surface area (Å²) in [6.07, 6.45) is 5.36. The monoisotopic (exact) mass is 177 g/mol. The molecule has 0 radical (unpaired) electrons. The Labute approximate surface area is 75.6 Å². The molecule has 2 heterocycles. The maximum absolute atomic E-state index is 8.86. The molecule has 0 aliphatic carbocycles. The van der Waals surface area contributed by atoms with E-state index in [9.17, 15) is 0 Å². The predicted octanol–water partition coefficient (Wildman–Crippen LogP) is 0.326. The molecule has 0 fully saturated rings. The van der Waals surface area contributed by atoms with Crippen LogP contribution < -0.4 is 5.73 Å². The molecular weight excluding hydrogens is 166 g/mol. The molecule has 1 unspecified atom stereocenters. The van der Waals surface area contributed by atoms with Gasteiger partial charge in [-0.15, -0.1) is 0 Å². The molecule has 0 bridgehead atoms. The van der Waals surface area contributed by atoms with Crippen LogP contribution in [-0.4, -0.2) is 21.1 Å². The zero-order valence-electron chi connectivity index (χ0n) is 7.09. The van der Waals surface area contributed by atoms with Gasteiger partial charge in [-0.2, -0.15) is 0 Å². The second-order valence-electron chi connectivity index (χ2n) is 2.98. The third-order valence-corrected chi connectivity index (χ3v) is 2.06. The number of hydrogen-bond acceptors (Lipinski definition) is 3. The number of fused-ring (bicyclic) bond motifs is 1. The van der Waals surface area contributed by atoms with Crippen molar-refractivity contribution >= 4 is 5.52 Å². The van der Waals surface area contributed by atoms with E-state index in [2.05, 4.69) is 4.98 Å². The molecule has 13 heavy (non-hydrogen) atoms. The number of hydrogen-bond donors (Lipinski definition) is 2. The summed E-state index contributed by atoms with van der Waals surface area (Å²) in [7, 11) is 0. The normalized spacial score (nSPS) is 13.4. The molecule has 3 N–H and O–H groups in total. The summed E-state index contributed by atoms with van der Waals surface area (Å²) in [5.74, 6) is 0. The van der Waals surface area contributed by atoms with Crippen LogP contribution in [0.5, 0.6) is 0 Å². The number of rotatable bonds is 2. The van der Waals surface area contributed by atoms with Gasteiger partial charge in [-0.05, 0) is 11.6 Å². The second kappa shape index (κ2) is 3.16. The first-order valence-corrected chi connectivity index (χ1v) is 4.09. The molecule has 0 saturated heterocycles. The lowest BCUT2D eigenvalue weighted by Crippen LogP contribution is -2.14. The summed E-state index contributed by atoms with van der Waals surface area (Å²) < 4.78 is 1.88. The average Bonchev–Trinajstić information content (AvgIpc) is 2.63. The van der Waals surface area contributed by atoms with Crippen molar-refractivity contribution in [2.75, 3.05) is 6.61 Å². The van der Waals surface area contributed by atoms with Gasteiger partial charge >= 0.3 is 0 Å². The molecule has 1 atom stereocenters. The van der Waals surface area contributed by atoms with Crippen molar-refractivity contribution in [3.05, 3.63) is 36.4 Å². The molecule has 0 aliphatic heterocycles. The quantitative estimate of drug-likeness (QED) is 0.694. The smallest absolute Gasteiger partial charge is 0.0992 e. The predicted molar refractivity (Wildman–Crippen MR) is 49.2 cm³/mol. The minimum absolute atomic E-state index is 0.0415. The first-order valence-electron chi connectivity index (χ1n) is 4.09. The van der Waals surface area contributed by atoms with Crippen LogP contribution >= 0.6 is 0 Å². The SMILES string of the molecule is NC(CO)c1ccc2cncn2c1. The zero-order valence-corrected chi connectivity index (χ0v) is 7.09. The number of aromatic nitrogens is 2. The van der Waals surface area contributed by atoms with Crippen molar-refractivity contribution in [1.29, 1.82) is 0 Å². The van der Waals surface area contributed by atoms with Gasteiger partial charge in [-0.3, -0.25) is 0 Å². The Kier molecular flexibility index (Phi) is 2.00. The van der Waals surface area contributed by atoms with Gasteiger partial charge in [0, 0.05) is 6.20 Å². The molecule has 2 aromatic heterocycles. The summed E-state index contributed by atoms with van der Waals surface area (Å²) in [5.41, 5.74) is 7.60. The van der Waals surface area contributed by atoms with Gasteiger partial charge in [0.25, 0.3) is 0 Å². The number of pyridine rings is 1. The van der Waals surface area contributed by atoms with Crippen molar-refractivity contribution in [3.8, 4) is 0 Å². The summed E-state index contributed by atoms with van der Waals surface area (Å²) in [6.45, 7) is -0.0415. The highest BCUT2D eigenvalue weighted by atomic mass is 16.3. The lowest BCUT2D eigenvalue weighted by molar-refractivity contribution is 0.268. The Bertz CT molecular complexity index is 410. The molecule has 2 rings (SSSR count). The van der Waals surface area contributed by atoms with Crippen molar-refractivity contribution in [2.45, 2.75) is 6.04 Å². The van der Waals surface area contributed by atoms with Crippen molar-refractivity contribution in [1.82, 2.24) is 9.38 Å². The number of imidazole rings is 1. The molecule has 0 saturated carbocycles. The van der Waals surface area contributed by atoms with E-state index in [0.717, 1.165) is 11.1 Å². The van der Waals surface area contributed by atoms with E-state index in [1.807, 2.05) is 22.7 Å². The highest BCUT2D eigenvalue weighted by Gasteiger charge is 2.04. The van der Waals surface area contributed by atoms with E-state index in [1.54, 1.807) is 12.5 Å². The van der Waals surface area contributed by atoms with Gasteiger partial charge in [-0.25, -0.2) is 4.98 Å². The van der Waals surface area contributed by atoms with Crippen LogP contribution in [0.25, 0.3) is 5.52 Å². The fourth-order valence-electron chi connectivity index (χ4n) is 1.26. The molecular formula is C9H11N3O. The van der Waals surface area contributed by atoms with E-state index in [4.69, 9.17) is 10.8 Å². The summed E-state index contributed by atoms with van der Waals surface area (Å²) in [4.78, 5) is 3.99. The van der Waals surface area contributed by atoms with Gasteiger partial charge in [0.2, 0.25) is 0 Å². The third-order valence-electron chi connectivity index (χ3n) is 2.06. The fraction of sp³-hybridized carbons (Fsp3) is 0.222. The molecule has 0 aromatic carbocycles. The third kappa shape index (κ3) is 1.41. The standard InChI is InChI=1S/C9H11N3O/c10-9(5-13)7-1-2-8-3-11-6-12(8)4-7/h1-4,6,9,13H,5,10H2. The van der Waals surface area contributed by atoms with E-state index >= 15 is 0 Å². The summed E-state index contributed by atoms with van der Waals surface area (Å²) in [5, 5.41) is 8.86. The largest absolute Gasteiger partial charge is 0.394 e. The van der Waals surface area contributed by atoms with Gasteiger partial charge in [-0.1, -0.05) is 6.07 Å². The molecule has 4 heteroatoms. The Morgan fingerprint density at radius 2 is 2.38 bits per heavy atom. The average molecular weight is 177 g/mol. The van der Waals surface area contributed by atoms with Crippen molar-refractivity contribution in [2.24, 2.45) is 5.73 Å². The number of aliphatic hydroxyl groups is 1. The molecule has 2 aromatic rings. The van der Waals surface area contributed by atoms with Gasteiger partial charge in [0.1, 0.15) is 0 Å². The molecule has 4 nitrogen and oxygen atoms in total. The van der Waals surface area contributed by atoms with Crippen molar-refractivity contribution < 1.29 is 5.11 Å². The van der Waals surface area contributed by atoms with Crippen LogP contribution in [0.3, 0.4) is 0 Å². The summed E-state index contributed by atoms with van der Waals surface area (Å²) >= 11 is 0. The fourth-order valence-corrected chi connectivity index (χ4v) is 1.26. The van der Waals surface area contributed by atoms with E-state index < -0.39 is 0 Å². The van der Waals surface area contributed by atoms with E-state index in [1.165, 1.54) is 0 Å². The van der Waals surface area contributed by atoms with Gasteiger partial charge in [0.15, 0.2) is 0 Å². The highest BCUT2D eigenvalue weighted by Crippen LogP contribution is 2.11. The van der Waals surface area contributed by atoms with Crippen LogP contribution in [0.2, 0.25) is 0 Å². The van der Waals surface area contributed by atoms with Crippen LogP contribution in [0.4, 0.5) is 0 Å². The lowest BCUT2D eigenvalue weighted by atomic mass is 10.1. The molecule has 0 spiro atoms. The topological polar surface area (TPSA) is 63.5 Å². The molecule has 68 valence electrons. The molecule has 0 amide bonds. The van der Waals surface area contributed by atoms with Crippen LogP contribution in [0, 0.1) is 0 Å². The van der Waals surface area contributed by atoms with Crippen LogP contribution in [-0.2, 0) is 0 Å². The van der Waals surface area contributed by atoms with Gasteiger partial charge in [0.05, 0.1) is 30.7 Å². The number of nitrogens with zero attached hydrogens (tertiary/aromatic N) is 2. The van der Waals surface area contributed by atoms with Crippen molar-refractivity contribution in [3.63, 3.8) is 0 Å². The summed E-state index contributed by atoms with van der Waals surface area (Å²) in [6, 6.07) is 3.52. The zero-order chi connectivity index (χ0) is 9.26. The van der Waals surface area contributed by atoms with E-state index in [0.29, 0.717) is 0 Å². The maximum atomic E-state index is 8.86. The maximum Gasteiger partial charge on any atom is 0.0992 e. The van der Waals surface area contributed by atoms with Gasteiger partial charge < -0.3 is 15.2 Å². The Morgan fingerprint density at radius 3 is 3.15 bits per heavy atom. The Hall–Kier alpha value is -1.39. The lowest BCUT2D eigenvalue weighted by Gasteiger charge is -2.08. The second-order valence-corrected chi connectivity index (χ2v) is 2.98. The molecule has 0 aliphatic rings. The van der Waals surface area contributed by atoms with Crippen LogP contribution in [0.1, 0.15) is 11.6 Å². The van der Waals surface area contributed by atoms with Crippen LogP contribution in [0.15, 0.2) is 30.9 Å². The van der Waals surface area contributed by atoms with E-state index in [-0.39, 0.29) is 12.6 Å². The number of nitrogens with two attached hydrogens (primary N) is 1.